The first-order valence-electron chi connectivity index (χ1n) is 5.85. The van der Waals surface area contributed by atoms with E-state index in [1.807, 2.05) is 0 Å². The minimum absolute atomic E-state index is 0.0103. The van der Waals surface area contributed by atoms with E-state index in [1.54, 1.807) is 19.1 Å². The van der Waals surface area contributed by atoms with Crippen LogP contribution in [0.15, 0.2) is 32.0 Å². The normalized spacial score (nSPS) is 23.9. The Kier molecular flexibility index (Phi) is 4.30. The number of carboxylic acid groups (broad SMARTS) is 1. The van der Waals surface area contributed by atoms with Gasteiger partial charge in [0.15, 0.2) is 0 Å². The molecule has 1 aliphatic rings. The number of halogens is 2. The van der Waals surface area contributed by atoms with Gasteiger partial charge < -0.3 is 5.11 Å². The summed E-state index contributed by atoms with van der Waals surface area (Å²) in [7, 11) is -3.70. The predicted molar refractivity (Wildman–Crippen MR) is 81.0 cm³/mol. The average molecular weight is 427 g/mol. The van der Waals surface area contributed by atoms with Crippen LogP contribution in [0.1, 0.15) is 13.3 Å². The third kappa shape index (κ3) is 2.79. The number of nitrogens with zero attached hydrogens (tertiary/aromatic N) is 1. The fraction of sp³-hybridized carbons (Fsp3) is 0.417. The van der Waals surface area contributed by atoms with Crippen LogP contribution in [0, 0.1) is 5.41 Å². The lowest BCUT2D eigenvalue weighted by atomic mass is 9.90. The second-order valence-corrected chi connectivity index (χ2v) is 8.71. The molecule has 1 heterocycles. The van der Waals surface area contributed by atoms with Crippen LogP contribution in [0.4, 0.5) is 0 Å². The summed E-state index contributed by atoms with van der Waals surface area (Å²) >= 11 is 6.47. The van der Waals surface area contributed by atoms with E-state index in [9.17, 15) is 18.3 Å². The first-order valence-corrected chi connectivity index (χ1v) is 8.88. The number of carboxylic acids is 1. The third-order valence-corrected chi connectivity index (χ3v) is 6.80. The lowest BCUT2D eigenvalue weighted by Crippen LogP contribution is -2.35. The molecule has 2 rings (SSSR count). The SMILES string of the molecule is CC1(C(=O)O)CCN(S(=O)(=O)c2cc(Br)ccc2Br)C1. The van der Waals surface area contributed by atoms with Crippen molar-refractivity contribution in [1.29, 1.82) is 0 Å². The Morgan fingerprint density at radius 1 is 1.40 bits per heavy atom. The lowest BCUT2D eigenvalue weighted by Gasteiger charge is -2.20. The van der Waals surface area contributed by atoms with Gasteiger partial charge in [0.05, 0.1) is 10.3 Å². The van der Waals surface area contributed by atoms with Gasteiger partial charge in [0, 0.05) is 22.0 Å². The molecule has 0 saturated carbocycles. The van der Waals surface area contributed by atoms with Gasteiger partial charge in [0.2, 0.25) is 10.0 Å². The third-order valence-electron chi connectivity index (χ3n) is 3.47. The topological polar surface area (TPSA) is 74.7 Å². The molecule has 1 aliphatic heterocycles. The quantitative estimate of drug-likeness (QED) is 0.806. The van der Waals surface area contributed by atoms with E-state index < -0.39 is 21.4 Å². The fourth-order valence-corrected chi connectivity index (χ4v) is 5.14. The summed E-state index contributed by atoms with van der Waals surface area (Å²) in [6.45, 7) is 1.77. The van der Waals surface area contributed by atoms with Gasteiger partial charge >= 0.3 is 5.97 Å². The Morgan fingerprint density at radius 2 is 2.05 bits per heavy atom. The van der Waals surface area contributed by atoms with Gasteiger partial charge in [-0.25, -0.2) is 8.42 Å². The number of rotatable bonds is 3. The zero-order valence-electron chi connectivity index (χ0n) is 10.6. The number of sulfonamides is 1. The Hall–Kier alpha value is -0.440. The summed E-state index contributed by atoms with van der Waals surface area (Å²) in [6.07, 6.45) is 0.313. The van der Waals surface area contributed by atoms with Crippen molar-refractivity contribution in [2.45, 2.75) is 18.2 Å². The fourth-order valence-electron chi connectivity index (χ4n) is 2.11. The minimum atomic E-state index is -3.70. The molecule has 20 heavy (non-hydrogen) atoms. The number of aliphatic carboxylic acids is 1. The second-order valence-electron chi connectivity index (χ2n) is 5.03. The van der Waals surface area contributed by atoms with Crippen LogP contribution in [0.25, 0.3) is 0 Å². The molecular formula is C12H13Br2NO4S. The second kappa shape index (κ2) is 5.40. The summed E-state index contributed by atoms with van der Waals surface area (Å²) in [5, 5.41) is 9.19. The van der Waals surface area contributed by atoms with Crippen LogP contribution in [0.3, 0.4) is 0 Å². The van der Waals surface area contributed by atoms with Crippen molar-refractivity contribution < 1.29 is 18.3 Å². The van der Waals surface area contributed by atoms with E-state index in [0.717, 1.165) is 0 Å². The molecule has 1 N–H and O–H groups in total. The van der Waals surface area contributed by atoms with Crippen molar-refractivity contribution in [3.8, 4) is 0 Å². The molecule has 1 atom stereocenters. The summed E-state index contributed by atoms with van der Waals surface area (Å²) < 4.78 is 27.5. The Morgan fingerprint density at radius 3 is 2.60 bits per heavy atom. The maximum atomic E-state index is 12.6. The molecule has 1 saturated heterocycles. The first-order chi connectivity index (χ1) is 9.17. The summed E-state index contributed by atoms with van der Waals surface area (Å²) in [6, 6.07) is 4.88. The van der Waals surface area contributed by atoms with Gasteiger partial charge in [-0.2, -0.15) is 4.31 Å². The molecule has 0 amide bonds. The molecule has 5 nitrogen and oxygen atoms in total. The predicted octanol–water partition coefficient (Wildman–Crippen LogP) is 2.70. The average Bonchev–Trinajstić information content (AvgIpc) is 2.77. The van der Waals surface area contributed by atoms with Crippen LogP contribution >= 0.6 is 31.9 Å². The summed E-state index contributed by atoms with van der Waals surface area (Å²) in [4.78, 5) is 11.4. The van der Waals surface area contributed by atoms with Gasteiger partial charge in [-0.1, -0.05) is 15.9 Å². The van der Waals surface area contributed by atoms with Crippen LogP contribution in [0.2, 0.25) is 0 Å². The number of hydrogen-bond acceptors (Lipinski definition) is 3. The first kappa shape index (κ1) is 15.9. The maximum Gasteiger partial charge on any atom is 0.310 e. The molecule has 0 spiro atoms. The molecule has 1 aromatic carbocycles. The number of carbonyl (C=O) groups is 1. The zero-order chi connectivity index (χ0) is 15.1. The zero-order valence-corrected chi connectivity index (χ0v) is 14.6. The van der Waals surface area contributed by atoms with E-state index in [0.29, 0.717) is 15.4 Å². The van der Waals surface area contributed by atoms with Crippen LogP contribution < -0.4 is 0 Å². The molecule has 0 radical (unpaired) electrons. The van der Waals surface area contributed by atoms with Gasteiger partial charge in [0.1, 0.15) is 0 Å². The molecule has 1 aromatic rings. The smallest absolute Gasteiger partial charge is 0.310 e. The highest BCUT2D eigenvalue weighted by Crippen LogP contribution is 2.36. The molecule has 110 valence electrons. The Balaban J connectivity index is 2.38. The number of benzene rings is 1. The van der Waals surface area contributed by atoms with Crippen molar-refractivity contribution in [2.24, 2.45) is 5.41 Å². The summed E-state index contributed by atoms with van der Waals surface area (Å²) in [5.41, 5.74) is -1.02. The van der Waals surface area contributed by atoms with Crippen LogP contribution in [-0.4, -0.2) is 36.9 Å². The van der Waals surface area contributed by atoms with Crippen LogP contribution in [-0.2, 0) is 14.8 Å². The van der Waals surface area contributed by atoms with Gasteiger partial charge in [-0.05, 0) is 47.5 Å². The Bertz CT molecular complexity index is 661. The van der Waals surface area contributed by atoms with Gasteiger partial charge in [0.25, 0.3) is 0 Å². The lowest BCUT2D eigenvalue weighted by molar-refractivity contribution is -0.146. The van der Waals surface area contributed by atoms with E-state index in [-0.39, 0.29) is 18.0 Å². The number of hydrogen-bond donors (Lipinski definition) is 1. The standard InChI is InChI=1S/C12H13Br2NO4S/c1-12(11(16)17)4-5-15(7-12)20(18,19)10-6-8(13)2-3-9(10)14/h2-3,6H,4-5,7H2,1H3,(H,16,17). The highest BCUT2D eigenvalue weighted by atomic mass is 79.9. The maximum absolute atomic E-state index is 12.6. The molecule has 1 unspecified atom stereocenters. The van der Waals surface area contributed by atoms with Crippen molar-refractivity contribution >= 4 is 47.9 Å². The molecule has 0 aliphatic carbocycles. The van der Waals surface area contributed by atoms with Crippen LogP contribution in [0.5, 0.6) is 0 Å². The summed E-state index contributed by atoms with van der Waals surface area (Å²) in [5.74, 6) is -0.969. The van der Waals surface area contributed by atoms with Crippen molar-refractivity contribution in [3.05, 3.63) is 27.1 Å². The highest BCUT2D eigenvalue weighted by Gasteiger charge is 2.45. The van der Waals surface area contributed by atoms with Crippen molar-refractivity contribution in [3.63, 3.8) is 0 Å². The van der Waals surface area contributed by atoms with Crippen molar-refractivity contribution in [1.82, 2.24) is 4.31 Å². The van der Waals surface area contributed by atoms with E-state index in [4.69, 9.17) is 0 Å². The molecule has 0 aromatic heterocycles. The highest BCUT2D eigenvalue weighted by molar-refractivity contribution is 9.11. The molecule has 0 bridgehead atoms. The largest absolute Gasteiger partial charge is 0.481 e. The molecule has 1 fully saturated rings. The minimum Gasteiger partial charge on any atom is -0.481 e. The molecular weight excluding hydrogens is 414 g/mol. The van der Waals surface area contributed by atoms with E-state index in [1.165, 1.54) is 10.4 Å². The molecule has 8 heteroatoms. The van der Waals surface area contributed by atoms with Gasteiger partial charge in [-0.3, -0.25) is 4.79 Å². The van der Waals surface area contributed by atoms with E-state index in [2.05, 4.69) is 31.9 Å². The van der Waals surface area contributed by atoms with Crippen molar-refractivity contribution in [2.75, 3.05) is 13.1 Å². The van der Waals surface area contributed by atoms with Gasteiger partial charge in [-0.15, -0.1) is 0 Å². The van der Waals surface area contributed by atoms with E-state index >= 15 is 0 Å². The Labute approximate surface area is 134 Å². The monoisotopic (exact) mass is 425 g/mol.